The van der Waals surface area contributed by atoms with Gasteiger partial charge in [0.25, 0.3) is 0 Å². The maximum absolute atomic E-state index is 5.63. The van der Waals surface area contributed by atoms with Gasteiger partial charge in [-0.15, -0.1) is 0 Å². The molecule has 0 aliphatic carbocycles. The number of benzene rings is 1. The predicted molar refractivity (Wildman–Crippen MR) is 102 cm³/mol. The Bertz CT molecular complexity index is 585. The van der Waals surface area contributed by atoms with E-state index in [0.717, 1.165) is 24.9 Å². The second-order valence-electron chi connectivity index (χ2n) is 8.20. The molecule has 2 atom stereocenters. The molecule has 3 saturated heterocycles. The fraction of sp³-hybridized carbons (Fsp3) is 0.714. The lowest BCUT2D eigenvalue weighted by molar-refractivity contribution is 0.0540. The molecule has 0 bridgehead atoms. The van der Waals surface area contributed by atoms with E-state index in [1.165, 1.54) is 69.5 Å². The Morgan fingerprint density at radius 1 is 1.04 bits per heavy atom. The van der Waals surface area contributed by atoms with E-state index in [9.17, 15) is 0 Å². The summed E-state index contributed by atoms with van der Waals surface area (Å²) >= 11 is 0. The number of fused-ring (bicyclic) bond motifs is 1. The summed E-state index contributed by atoms with van der Waals surface area (Å²) in [5, 5.41) is 0. The molecule has 3 heterocycles. The molecule has 0 saturated carbocycles. The normalized spacial score (nSPS) is 28.4. The van der Waals surface area contributed by atoms with Gasteiger partial charge >= 0.3 is 0 Å². The van der Waals surface area contributed by atoms with Crippen molar-refractivity contribution in [3.63, 3.8) is 0 Å². The summed E-state index contributed by atoms with van der Waals surface area (Å²) in [4.78, 5) is 7.95. The zero-order valence-corrected chi connectivity index (χ0v) is 15.9. The van der Waals surface area contributed by atoms with Gasteiger partial charge in [-0.3, -0.25) is 14.7 Å². The lowest BCUT2D eigenvalue weighted by Gasteiger charge is -2.42. The molecule has 0 radical (unpaired) electrons. The van der Waals surface area contributed by atoms with Gasteiger partial charge in [0.1, 0.15) is 5.75 Å². The summed E-state index contributed by atoms with van der Waals surface area (Å²) in [6.45, 7) is 10.7. The predicted octanol–water partition coefficient (Wildman–Crippen LogP) is 2.96. The molecule has 3 fully saturated rings. The standard InChI is InChI=1S/C21H33N3O/c1-17-13-23-11-5-6-20(23)16-24(17)14-18-7-8-21(25-2)19(12-18)15-22-9-3-4-10-22/h7-8,12,17,20H,3-6,9-11,13-16H2,1-2H3/t17-,20-/m0/s1. The van der Waals surface area contributed by atoms with Crippen LogP contribution in [0.15, 0.2) is 18.2 Å². The molecule has 3 aliphatic heterocycles. The number of rotatable bonds is 5. The first-order chi connectivity index (χ1) is 12.2. The molecule has 4 heteroatoms. The van der Waals surface area contributed by atoms with Crippen LogP contribution in [-0.4, -0.2) is 66.6 Å². The Morgan fingerprint density at radius 3 is 2.68 bits per heavy atom. The zero-order chi connectivity index (χ0) is 17.2. The molecule has 4 nitrogen and oxygen atoms in total. The number of piperazine rings is 1. The van der Waals surface area contributed by atoms with E-state index in [-0.39, 0.29) is 0 Å². The number of ether oxygens (including phenoxy) is 1. The highest BCUT2D eigenvalue weighted by Crippen LogP contribution is 2.28. The number of methoxy groups -OCH3 is 1. The number of nitrogens with zero attached hydrogens (tertiary/aromatic N) is 3. The maximum Gasteiger partial charge on any atom is 0.123 e. The summed E-state index contributed by atoms with van der Waals surface area (Å²) < 4.78 is 5.63. The first-order valence-corrected chi connectivity index (χ1v) is 10.1. The van der Waals surface area contributed by atoms with Crippen molar-refractivity contribution in [3.05, 3.63) is 29.3 Å². The highest BCUT2D eigenvalue weighted by molar-refractivity contribution is 5.37. The van der Waals surface area contributed by atoms with Gasteiger partial charge in [-0.1, -0.05) is 6.07 Å². The van der Waals surface area contributed by atoms with Crippen molar-refractivity contribution in [2.24, 2.45) is 0 Å². The molecule has 3 aliphatic rings. The van der Waals surface area contributed by atoms with E-state index in [1.807, 2.05) is 0 Å². The van der Waals surface area contributed by atoms with E-state index in [0.29, 0.717) is 6.04 Å². The van der Waals surface area contributed by atoms with Crippen LogP contribution in [-0.2, 0) is 13.1 Å². The molecule has 0 unspecified atom stereocenters. The van der Waals surface area contributed by atoms with Gasteiger partial charge in [-0.2, -0.15) is 0 Å². The van der Waals surface area contributed by atoms with Crippen LogP contribution in [0.2, 0.25) is 0 Å². The number of hydrogen-bond donors (Lipinski definition) is 0. The van der Waals surface area contributed by atoms with E-state index in [1.54, 1.807) is 7.11 Å². The average molecular weight is 344 g/mol. The summed E-state index contributed by atoms with van der Waals surface area (Å²) in [5.74, 6) is 1.05. The quantitative estimate of drug-likeness (QED) is 0.818. The Labute approximate surface area is 152 Å². The summed E-state index contributed by atoms with van der Waals surface area (Å²) in [6.07, 6.45) is 5.44. The second kappa shape index (κ2) is 7.65. The van der Waals surface area contributed by atoms with E-state index in [4.69, 9.17) is 4.74 Å². The van der Waals surface area contributed by atoms with Crippen LogP contribution in [0.1, 0.15) is 43.7 Å². The maximum atomic E-state index is 5.63. The smallest absolute Gasteiger partial charge is 0.123 e. The molecule has 0 aromatic heterocycles. The average Bonchev–Trinajstić information content (AvgIpc) is 3.27. The molecule has 1 aromatic rings. The first-order valence-electron chi connectivity index (χ1n) is 10.1. The molecule has 0 amide bonds. The van der Waals surface area contributed by atoms with Crippen LogP contribution >= 0.6 is 0 Å². The van der Waals surface area contributed by atoms with E-state index >= 15 is 0 Å². The van der Waals surface area contributed by atoms with Crippen molar-refractivity contribution in [2.45, 2.75) is 57.8 Å². The van der Waals surface area contributed by atoms with Crippen molar-refractivity contribution in [2.75, 3.05) is 39.8 Å². The monoisotopic (exact) mass is 343 g/mol. The Hall–Kier alpha value is -1.10. The minimum Gasteiger partial charge on any atom is -0.496 e. The van der Waals surface area contributed by atoms with Crippen LogP contribution in [0.4, 0.5) is 0 Å². The van der Waals surface area contributed by atoms with Gasteiger partial charge in [0.2, 0.25) is 0 Å². The third kappa shape index (κ3) is 3.86. The number of likely N-dealkylation sites (tertiary alicyclic amines) is 1. The van der Waals surface area contributed by atoms with Gasteiger partial charge < -0.3 is 4.74 Å². The minimum atomic E-state index is 0.651. The fourth-order valence-electron chi connectivity index (χ4n) is 4.94. The summed E-state index contributed by atoms with van der Waals surface area (Å²) in [7, 11) is 1.80. The highest BCUT2D eigenvalue weighted by Gasteiger charge is 2.34. The van der Waals surface area contributed by atoms with Crippen LogP contribution < -0.4 is 4.74 Å². The van der Waals surface area contributed by atoms with E-state index < -0.39 is 0 Å². The first kappa shape index (κ1) is 17.3. The third-order valence-electron chi connectivity index (χ3n) is 6.39. The van der Waals surface area contributed by atoms with Gasteiger partial charge in [-0.05, 0) is 69.9 Å². The van der Waals surface area contributed by atoms with Gasteiger partial charge in [-0.25, -0.2) is 0 Å². The van der Waals surface area contributed by atoms with Crippen molar-refractivity contribution >= 4 is 0 Å². The molecule has 138 valence electrons. The van der Waals surface area contributed by atoms with Gasteiger partial charge in [0, 0.05) is 43.8 Å². The lowest BCUT2D eigenvalue weighted by atomic mass is 10.0. The molecule has 0 spiro atoms. The van der Waals surface area contributed by atoms with Crippen LogP contribution in [0, 0.1) is 0 Å². The Kier molecular flexibility index (Phi) is 5.30. The van der Waals surface area contributed by atoms with Crippen LogP contribution in [0.25, 0.3) is 0 Å². The number of hydrogen-bond acceptors (Lipinski definition) is 4. The molecule has 1 aromatic carbocycles. The molecule has 0 N–H and O–H groups in total. The Morgan fingerprint density at radius 2 is 1.88 bits per heavy atom. The molecule has 4 rings (SSSR count). The zero-order valence-electron chi connectivity index (χ0n) is 15.9. The summed E-state index contributed by atoms with van der Waals surface area (Å²) in [5.41, 5.74) is 2.79. The third-order valence-corrected chi connectivity index (χ3v) is 6.39. The largest absolute Gasteiger partial charge is 0.496 e. The lowest BCUT2D eigenvalue weighted by Crippen LogP contribution is -2.54. The van der Waals surface area contributed by atoms with E-state index in [2.05, 4.69) is 39.8 Å². The second-order valence-corrected chi connectivity index (χ2v) is 8.20. The van der Waals surface area contributed by atoms with Crippen LogP contribution in [0.5, 0.6) is 5.75 Å². The molecular weight excluding hydrogens is 310 g/mol. The van der Waals surface area contributed by atoms with Crippen molar-refractivity contribution in [1.29, 1.82) is 0 Å². The molecule has 25 heavy (non-hydrogen) atoms. The fourth-order valence-corrected chi connectivity index (χ4v) is 4.94. The Balaban J connectivity index is 1.46. The van der Waals surface area contributed by atoms with Gasteiger partial charge in [0.05, 0.1) is 7.11 Å². The minimum absolute atomic E-state index is 0.651. The summed E-state index contributed by atoms with van der Waals surface area (Å²) in [6, 6.07) is 8.28. The topological polar surface area (TPSA) is 19.0 Å². The van der Waals surface area contributed by atoms with Crippen molar-refractivity contribution < 1.29 is 4.74 Å². The molecular formula is C21H33N3O. The van der Waals surface area contributed by atoms with Crippen LogP contribution in [0.3, 0.4) is 0 Å². The highest BCUT2D eigenvalue weighted by atomic mass is 16.5. The SMILES string of the molecule is COc1ccc(CN2C[C@@H]3CCCN3C[C@@H]2C)cc1CN1CCCC1. The van der Waals surface area contributed by atoms with Crippen molar-refractivity contribution in [3.8, 4) is 5.75 Å². The van der Waals surface area contributed by atoms with Crippen molar-refractivity contribution in [1.82, 2.24) is 14.7 Å². The van der Waals surface area contributed by atoms with Gasteiger partial charge in [0.15, 0.2) is 0 Å².